The van der Waals surface area contributed by atoms with Gasteiger partial charge in [-0.1, -0.05) is 17.7 Å². The summed E-state index contributed by atoms with van der Waals surface area (Å²) in [6, 6.07) is 7.98. The maximum atomic E-state index is 11.4. The molecule has 2 heterocycles. The molecule has 108 valence electrons. The highest BCUT2D eigenvalue weighted by molar-refractivity contribution is 7.91. The number of halogens is 1. The second-order valence-electron chi connectivity index (χ2n) is 5.24. The number of nitrogens with one attached hydrogen (secondary N) is 1. The van der Waals surface area contributed by atoms with Gasteiger partial charge in [0.25, 0.3) is 0 Å². The lowest BCUT2D eigenvalue weighted by Crippen LogP contribution is -2.32. The summed E-state index contributed by atoms with van der Waals surface area (Å²) >= 11 is 6.14. The number of rotatable bonds is 4. The van der Waals surface area contributed by atoms with E-state index in [1.54, 1.807) is 0 Å². The van der Waals surface area contributed by atoms with Crippen LogP contribution in [-0.2, 0) is 16.4 Å². The van der Waals surface area contributed by atoms with Gasteiger partial charge in [-0.3, -0.25) is 0 Å². The molecule has 2 aromatic rings. The van der Waals surface area contributed by atoms with Gasteiger partial charge in [-0.15, -0.1) is 0 Å². The Morgan fingerprint density at radius 1 is 1.35 bits per heavy atom. The fraction of sp³-hybridized carbons (Fsp3) is 0.429. The normalized spacial score (nSPS) is 21.6. The lowest BCUT2D eigenvalue weighted by molar-refractivity contribution is 0.525. The van der Waals surface area contributed by atoms with Crippen molar-refractivity contribution in [3.8, 4) is 0 Å². The van der Waals surface area contributed by atoms with E-state index >= 15 is 0 Å². The predicted molar refractivity (Wildman–Crippen MR) is 82.0 cm³/mol. The van der Waals surface area contributed by atoms with Crippen LogP contribution in [0.5, 0.6) is 0 Å². The molecule has 6 heteroatoms. The molecule has 4 nitrogen and oxygen atoms in total. The van der Waals surface area contributed by atoms with Crippen LogP contribution in [0.15, 0.2) is 30.5 Å². The van der Waals surface area contributed by atoms with Crippen molar-refractivity contribution in [1.82, 2.24) is 9.88 Å². The summed E-state index contributed by atoms with van der Waals surface area (Å²) in [7, 11) is -2.81. The van der Waals surface area contributed by atoms with Gasteiger partial charge >= 0.3 is 0 Å². The summed E-state index contributed by atoms with van der Waals surface area (Å²) < 4.78 is 24.9. The van der Waals surface area contributed by atoms with Crippen LogP contribution < -0.4 is 5.32 Å². The zero-order chi connectivity index (χ0) is 14.2. The second-order valence-corrected chi connectivity index (χ2v) is 7.87. The summed E-state index contributed by atoms with van der Waals surface area (Å²) in [5, 5.41) is 5.14. The van der Waals surface area contributed by atoms with Gasteiger partial charge in [-0.25, -0.2) is 8.42 Å². The summed E-state index contributed by atoms with van der Waals surface area (Å²) in [5.41, 5.74) is 1.11. The minimum absolute atomic E-state index is 0.102. The highest BCUT2D eigenvalue weighted by atomic mass is 35.5. The molecule has 1 aromatic carbocycles. The largest absolute Gasteiger partial charge is 0.346 e. The molecule has 1 saturated heterocycles. The molecular weight excluding hydrogens is 296 g/mol. The summed E-state index contributed by atoms with van der Waals surface area (Å²) in [6.07, 6.45) is 2.74. The van der Waals surface area contributed by atoms with Crippen molar-refractivity contribution in [3.05, 3.63) is 35.5 Å². The Morgan fingerprint density at radius 3 is 2.95 bits per heavy atom. The average molecular weight is 313 g/mol. The Morgan fingerprint density at radius 2 is 2.20 bits per heavy atom. The monoisotopic (exact) mass is 312 g/mol. The number of hydrogen-bond donors (Lipinski definition) is 1. The fourth-order valence-electron chi connectivity index (χ4n) is 2.73. The number of hydrogen-bond acceptors (Lipinski definition) is 3. The molecule has 1 unspecified atom stereocenters. The quantitative estimate of drug-likeness (QED) is 0.940. The van der Waals surface area contributed by atoms with Crippen LogP contribution in [0, 0.1) is 0 Å². The lowest BCUT2D eigenvalue weighted by atomic mass is 10.2. The molecular formula is C14H17ClN2O2S. The maximum Gasteiger partial charge on any atom is 0.151 e. The zero-order valence-corrected chi connectivity index (χ0v) is 12.6. The van der Waals surface area contributed by atoms with E-state index in [-0.39, 0.29) is 11.8 Å². The van der Waals surface area contributed by atoms with Crippen molar-refractivity contribution in [2.45, 2.75) is 19.0 Å². The molecule has 1 fully saturated rings. The van der Waals surface area contributed by atoms with Crippen LogP contribution in [0.1, 0.15) is 6.42 Å². The fourth-order valence-corrected chi connectivity index (χ4v) is 4.67. The van der Waals surface area contributed by atoms with E-state index in [2.05, 4.69) is 9.88 Å². The zero-order valence-electron chi connectivity index (χ0n) is 11.0. The predicted octanol–water partition coefficient (Wildman–Crippen LogP) is 2.07. The molecule has 0 spiro atoms. The Bertz CT molecular complexity index is 724. The van der Waals surface area contributed by atoms with Gasteiger partial charge < -0.3 is 9.88 Å². The van der Waals surface area contributed by atoms with Crippen LogP contribution >= 0.6 is 11.6 Å². The van der Waals surface area contributed by atoms with E-state index in [1.807, 2.05) is 30.5 Å². The van der Waals surface area contributed by atoms with Crippen LogP contribution in [-0.4, -0.2) is 37.1 Å². The van der Waals surface area contributed by atoms with Crippen LogP contribution in [0.2, 0.25) is 5.02 Å². The van der Waals surface area contributed by atoms with Crippen molar-refractivity contribution in [3.63, 3.8) is 0 Å². The molecule has 1 aliphatic heterocycles. The van der Waals surface area contributed by atoms with Crippen LogP contribution in [0.25, 0.3) is 10.9 Å². The van der Waals surface area contributed by atoms with E-state index in [9.17, 15) is 8.42 Å². The molecule has 1 aromatic heterocycles. The molecule has 0 aliphatic carbocycles. The smallest absolute Gasteiger partial charge is 0.151 e. The third kappa shape index (κ3) is 2.85. The van der Waals surface area contributed by atoms with Gasteiger partial charge in [0.15, 0.2) is 9.84 Å². The Hall–Kier alpha value is -1.04. The topological polar surface area (TPSA) is 51.1 Å². The summed E-state index contributed by atoms with van der Waals surface area (Å²) in [5.74, 6) is 0.581. The standard InChI is InChI=1S/C14H17ClN2O2S/c15-13-2-1-3-14-12(13)4-7-17(14)8-6-16-11-5-9-20(18,19)10-11/h1-4,7,11,16H,5-6,8-10H2. The first kappa shape index (κ1) is 13.9. The average Bonchev–Trinajstić information content (AvgIpc) is 2.95. The molecule has 0 bridgehead atoms. The molecule has 1 atom stereocenters. The van der Waals surface area contributed by atoms with Gasteiger partial charge in [-0.05, 0) is 24.6 Å². The second kappa shape index (κ2) is 5.39. The van der Waals surface area contributed by atoms with Crippen LogP contribution in [0.4, 0.5) is 0 Å². The first-order valence-corrected chi connectivity index (χ1v) is 8.92. The Balaban J connectivity index is 1.62. The third-order valence-electron chi connectivity index (χ3n) is 3.78. The van der Waals surface area contributed by atoms with E-state index in [0.29, 0.717) is 5.75 Å². The number of sulfone groups is 1. The van der Waals surface area contributed by atoms with Crippen molar-refractivity contribution < 1.29 is 8.42 Å². The first-order chi connectivity index (χ1) is 9.55. The summed E-state index contributed by atoms with van der Waals surface area (Å²) in [6.45, 7) is 1.57. The molecule has 0 amide bonds. The van der Waals surface area contributed by atoms with Crippen molar-refractivity contribution >= 4 is 32.3 Å². The number of benzene rings is 1. The van der Waals surface area contributed by atoms with Crippen molar-refractivity contribution in [1.29, 1.82) is 0 Å². The molecule has 3 rings (SSSR count). The molecule has 0 saturated carbocycles. The minimum atomic E-state index is -2.81. The number of nitrogens with zero attached hydrogens (tertiary/aromatic N) is 1. The molecule has 20 heavy (non-hydrogen) atoms. The highest BCUT2D eigenvalue weighted by Crippen LogP contribution is 2.24. The van der Waals surface area contributed by atoms with Gasteiger partial charge in [0.1, 0.15) is 0 Å². The van der Waals surface area contributed by atoms with E-state index in [1.165, 1.54) is 0 Å². The Kier molecular flexibility index (Phi) is 3.75. The van der Waals surface area contributed by atoms with E-state index < -0.39 is 9.84 Å². The number of fused-ring (bicyclic) bond motifs is 1. The lowest BCUT2D eigenvalue weighted by Gasteiger charge is -2.11. The van der Waals surface area contributed by atoms with Crippen LogP contribution in [0.3, 0.4) is 0 Å². The Labute approximate surface area is 123 Å². The highest BCUT2D eigenvalue weighted by Gasteiger charge is 2.27. The van der Waals surface area contributed by atoms with Gasteiger partial charge in [0.05, 0.1) is 11.5 Å². The maximum absolute atomic E-state index is 11.4. The molecule has 0 radical (unpaired) electrons. The molecule has 1 aliphatic rings. The van der Waals surface area contributed by atoms with Crippen molar-refractivity contribution in [2.75, 3.05) is 18.1 Å². The number of aromatic nitrogens is 1. The third-order valence-corrected chi connectivity index (χ3v) is 5.88. The van der Waals surface area contributed by atoms with Crippen molar-refractivity contribution in [2.24, 2.45) is 0 Å². The van der Waals surface area contributed by atoms with E-state index in [0.717, 1.165) is 35.4 Å². The first-order valence-electron chi connectivity index (χ1n) is 6.72. The SMILES string of the molecule is O=S1(=O)CCC(NCCn2ccc3c(Cl)cccc32)C1. The summed E-state index contributed by atoms with van der Waals surface area (Å²) in [4.78, 5) is 0. The van der Waals surface area contributed by atoms with Gasteiger partial charge in [-0.2, -0.15) is 0 Å². The van der Waals surface area contributed by atoms with Gasteiger partial charge in [0.2, 0.25) is 0 Å². The minimum Gasteiger partial charge on any atom is -0.346 e. The van der Waals surface area contributed by atoms with Gasteiger partial charge in [0, 0.05) is 41.3 Å². The van der Waals surface area contributed by atoms with E-state index in [4.69, 9.17) is 11.6 Å². The molecule has 1 N–H and O–H groups in total.